The van der Waals surface area contributed by atoms with Crippen molar-refractivity contribution < 1.29 is 0 Å². The Morgan fingerprint density at radius 1 is 0.353 bits per heavy atom. The molecule has 0 radical (unpaired) electrons. The highest BCUT2D eigenvalue weighted by molar-refractivity contribution is 6.09. The van der Waals surface area contributed by atoms with E-state index in [-0.39, 0.29) is 0 Å². The molecule has 9 rings (SSSR count). The molecule has 0 saturated heterocycles. The minimum Gasteiger partial charge on any atom is -0.309 e. The predicted octanol–water partition coefficient (Wildman–Crippen LogP) is 12.5. The van der Waals surface area contributed by atoms with Crippen molar-refractivity contribution in [1.29, 1.82) is 0 Å². The normalized spacial score (nSPS) is 11.3. The Bertz CT molecular complexity index is 2620. The summed E-state index contributed by atoms with van der Waals surface area (Å²) < 4.78 is 2.36. The lowest BCUT2D eigenvalue weighted by atomic mass is 9.92. The van der Waals surface area contributed by atoms with Gasteiger partial charge in [0.2, 0.25) is 0 Å². The molecule has 3 nitrogen and oxygen atoms in total. The average molecular weight is 654 g/mol. The van der Waals surface area contributed by atoms with Gasteiger partial charge in [-0.05, 0) is 65.9 Å². The van der Waals surface area contributed by atoms with Gasteiger partial charge < -0.3 is 4.57 Å². The highest BCUT2D eigenvalue weighted by Crippen LogP contribution is 2.38. The summed E-state index contributed by atoms with van der Waals surface area (Å²) in [6.07, 6.45) is 0. The summed E-state index contributed by atoms with van der Waals surface area (Å²) >= 11 is 0. The van der Waals surface area contributed by atoms with Crippen LogP contribution in [-0.4, -0.2) is 14.5 Å². The van der Waals surface area contributed by atoms with Crippen LogP contribution >= 0.6 is 0 Å². The highest BCUT2D eigenvalue weighted by atomic mass is 15.0. The highest BCUT2D eigenvalue weighted by Gasteiger charge is 2.19. The molecule has 51 heavy (non-hydrogen) atoms. The minimum atomic E-state index is 0.721. The van der Waals surface area contributed by atoms with E-state index in [1.54, 1.807) is 0 Å². The summed E-state index contributed by atoms with van der Waals surface area (Å²) in [4.78, 5) is 10.4. The molecule has 0 atom stereocenters. The molecule has 0 aliphatic rings. The third kappa shape index (κ3) is 5.40. The van der Waals surface area contributed by atoms with E-state index in [9.17, 15) is 0 Å². The molecule has 2 heterocycles. The monoisotopic (exact) mass is 653 g/mol. The number of benzene rings is 7. The Morgan fingerprint density at radius 2 is 0.843 bits per heavy atom. The third-order valence-corrected chi connectivity index (χ3v) is 10.0. The maximum Gasteiger partial charge on any atom is 0.160 e. The maximum atomic E-state index is 5.25. The lowest BCUT2D eigenvalue weighted by Gasteiger charge is -2.17. The van der Waals surface area contributed by atoms with E-state index < -0.39 is 0 Å². The fourth-order valence-corrected chi connectivity index (χ4v) is 7.42. The van der Waals surface area contributed by atoms with Crippen LogP contribution in [0.2, 0.25) is 0 Å². The molecule has 0 spiro atoms. The standard InChI is InChI=1S/C48H35N3/c1-32-40(36-28-30-39(31-29-36)51-44-22-11-9-18-42(44)43-19-10-12-23-45(43)51)20-13-21-41(32)47-33(2)46(49-48(50-47)38-16-7-4-8-17-38)37-26-24-35(25-27-37)34-14-5-3-6-15-34/h3-31H,1-2H3. The van der Waals surface area contributed by atoms with Crippen molar-refractivity contribution >= 4 is 21.8 Å². The van der Waals surface area contributed by atoms with Crippen molar-refractivity contribution in [1.82, 2.24) is 14.5 Å². The number of hydrogen-bond acceptors (Lipinski definition) is 2. The van der Waals surface area contributed by atoms with Crippen LogP contribution < -0.4 is 0 Å². The summed E-state index contributed by atoms with van der Waals surface area (Å²) in [6.45, 7) is 4.36. The van der Waals surface area contributed by atoms with Gasteiger partial charge in [-0.2, -0.15) is 0 Å². The van der Waals surface area contributed by atoms with Crippen molar-refractivity contribution in [2.45, 2.75) is 13.8 Å². The lowest BCUT2D eigenvalue weighted by Crippen LogP contribution is -2.02. The third-order valence-electron chi connectivity index (χ3n) is 10.0. The first-order chi connectivity index (χ1) is 25.1. The SMILES string of the molecule is Cc1c(-c2ccc(-n3c4ccccc4c4ccccc43)cc2)cccc1-c1nc(-c2ccccc2)nc(-c2ccc(-c3ccccc3)cc2)c1C. The summed E-state index contributed by atoms with van der Waals surface area (Å²) in [5.74, 6) is 0.721. The van der Waals surface area contributed by atoms with E-state index >= 15 is 0 Å². The number of fused-ring (bicyclic) bond motifs is 3. The molecular weight excluding hydrogens is 619 g/mol. The van der Waals surface area contributed by atoms with Crippen molar-refractivity contribution in [2.24, 2.45) is 0 Å². The van der Waals surface area contributed by atoms with Gasteiger partial charge in [-0.15, -0.1) is 0 Å². The second-order valence-electron chi connectivity index (χ2n) is 13.1. The van der Waals surface area contributed by atoms with Crippen molar-refractivity contribution in [3.8, 4) is 61.8 Å². The Morgan fingerprint density at radius 3 is 1.49 bits per heavy atom. The topological polar surface area (TPSA) is 30.7 Å². The minimum absolute atomic E-state index is 0.721. The van der Waals surface area contributed by atoms with E-state index in [1.807, 2.05) is 24.3 Å². The molecule has 0 aliphatic heterocycles. The van der Waals surface area contributed by atoms with Crippen LogP contribution in [0.15, 0.2) is 176 Å². The molecule has 0 aliphatic carbocycles. The van der Waals surface area contributed by atoms with Crippen LogP contribution in [-0.2, 0) is 0 Å². The number of rotatable bonds is 6. The lowest BCUT2D eigenvalue weighted by molar-refractivity contribution is 1.14. The Kier molecular flexibility index (Phi) is 7.59. The molecule has 242 valence electrons. The number of hydrogen-bond donors (Lipinski definition) is 0. The van der Waals surface area contributed by atoms with Gasteiger partial charge >= 0.3 is 0 Å². The second-order valence-corrected chi connectivity index (χ2v) is 13.1. The first kappa shape index (κ1) is 30.5. The predicted molar refractivity (Wildman–Crippen MR) is 213 cm³/mol. The summed E-state index contributed by atoms with van der Waals surface area (Å²) in [5, 5.41) is 2.53. The Labute approximate surface area is 298 Å². The summed E-state index contributed by atoms with van der Waals surface area (Å²) in [7, 11) is 0. The summed E-state index contributed by atoms with van der Waals surface area (Å²) in [6, 6.07) is 62.3. The average Bonchev–Trinajstić information content (AvgIpc) is 3.53. The molecule has 0 N–H and O–H groups in total. The van der Waals surface area contributed by atoms with Crippen LogP contribution in [0, 0.1) is 13.8 Å². The molecule has 3 heteroatoms. The van der Waals surface area contributed by atoms with E-state index in [0.29, 0.717) is 0 Å². The molecule has 0 saturated carbocycles. The van der Waals surface area contributed by atoms with Crippen molar-refractivity contribution in [2.75, 3.05) is 0 Å². The second kappa shape index (κ2) is 12.7. The van der Waals surface area contributed by atoms with Gasteiger partial charge in [0.1, 0.15) is 0 Å². The fraction of sp³-hybridized carbons (Fsp3) is 0.0417. The van der Waals surface area contributed by atoms with Gasteiger partial charge in [0.25, 0.3) is 0 Å². The van der Waals surface area contributed by atoms with Gasteiger partial charge in [0.15, 0.2) is 5.82 Å². The van der Waals surface area contributed by atoms with Gasteiger partial charge in [0, 0.05) is 38.7 Å². The van der Waals surface area contributed by atoms with Crippen LogP contribution in [0.25, 0.3) is 83.6 Å². The summed E-state index contributed by atoms with van der Waals surface area (Å²) in [5.41, 5.74) is 15.6. The zero-order chi connectivity index (χ0) is 34.3. The van der Waals surface area contributed by atoms with E-state index in [4.69, 9.17) is 9.97 Å². The Hall–Kier alpha value is -6.58. The van der Waals surface area contributed by atoms with E-state index in [2.05, 4.69) is 170 Å². The first-order valence-corrected chi connectivity index (χ1v) is 17.4. The molecule has 7 aromatic carbocycles. The van der Waals surface area contributed by atoms with Crippen LogP contribution in [0.1, 0.15) is 11.1 Å². The van der Waals surface area contributed by atoms with Gasteiger partial charge in [-0.25, -0.2) is 9.97 Å². The number of aromatic nitrogens is 3. The van der Waals surface area contributed by atoms with Crippen LogP contribution in [0.4, 0.5) is 0 Å². The quantitative estimate of drug-likeness (QED) is 0.179. The Balaban J connectivity index is 1.14. The first-order valence-electron chi connectivity index (χ1n) is 17.4. The van der Waals surface area contributed by atoms with Crippen LogP contribution in [0.5, 0.6) is 0 Å². The van der Waals surface area contributed by atoms with Crippen molar-refractivity contribution in [3.63, 3.8) is 0 Å². The van der Waals surface area contributed by atoms with Crippen molar-refractivity contribution in [3.05, 3.63) is 187 Å². The number of nitrogens with zero attached hydrogens (tertiary/aromatic N) is 3. The maximum absolute atomic E-state index is 5.25. The van der Waals surface area contributed by atoms with Gasteiger partial charge in [-0.3, -0.25) is 0 Å². The molecule has 0 unspecified atom stereocenters. The molecule has 0 bridgehead atoms. The smallest absolute Gasteiger partial charge is 0.160 e. The number of para-hydroxylation sites is 2. The molecule has 2 aromatic heterocycles. The molecular formula is C48H35N3. The van der Waals surface area contributed by atoms with E-state index in [0.717, 1.165) is 45.2 Å². The molecule has 9 aromatic rings. The fourth-order valence-electron chi connectivity index (χ4n) is 7.42. The van der Waals surface area contributed by atoms with E-state index in [1.165, 1.54) is 49.6 Å². The van der Waals surface area contributed by atoms with Crippen LogP contribution in [0.3, 0.4) is 0 Å². The largest absolute Gasteiger partial charge is 0.309 e. The zero-order valence-electron chi connectivity index (χ0n) is 28.6. The van der Waals surface area contributed by atoms with Gasteiger partial charge in [-0.1, -0.05) is 152 Å². The molecule has 0 amide bonds. The molecule has 0 fully saturated rings. The zero-order valence-corrected chi connectivity index (χ0v) is 28.6. The van der Waals surface area contributed by atoms with Gasteiger partial charge in [0.05, 0.1) is 22.4 Å².